The number of ether oxygens (including phenoxy) is 1. The van der Waals surface area contributed by atoms with Crippen LogP contribution in [0, 0.1) is 27.7 Å². The van der Waals surface area contributed by atoms with E-state index in [1.807, 2.05) is 64.1 Å². The van der Waals surface area contributed by atoms with Gasteiger partial charge in [0.25, 0.3) is 5.91 Å². The molecule has 0 aromatic heterocycles. The van der Waals surface area contributed by atoms with Crippen molar-refractivity contribution in [2.75, 3.05) is 18.1 Å². The van der Waals surface area contributed by atoms with Crippen molar-refractivity contribution in [2.24, 2.45) is 0 Å². The molecule has 8 heteroatoms. The first-order chi connectivity index (χ1) is 16.2. The largest absolute Gasteiger partial charge is 0.444 e. The van der Waals surface area contributed by atoms with Crippen LogP contribution in [-0.2, 0) is 14.3 Å². The van der Waals surface area contributed by atoms with Crippen molar-refractivity contribution in [1.82, 2.24) is 10.2 Å². The molecule has 2 N–H and O–H groups in total. The first-order valence-corrected chi connectivity index (χ1v) is 12.2. The zero-order valence-electron chi connectivity index (χ0n) is 21.9. The lowest BCUT2D eigenvalue weighted by molar-refractivity contribution is -0.138. The van der Waals surface area contributed by atoms with Crippen LogP contribution in [0.1, 0.15) is 54.6 Å². The lowest BCUT2D eigenvalue weighted by atomic mass is 9.98. The van der Waals surface area contributed by atoms with Gasteiger partial charge in [-0.05, 0) is 65.2 Å². The van der Waals surface area contributed by atoms with Crippen LogP contribution in [0.4, 0.5) is 10.5 Å². The van der Waals surface area contributed by atoms with Crippen molar-refractivity contribution < 1.29 is 19.1 Å². The molecule has 0 radical (unpaired) electrons. The van der Waals surface area contributed by atoms with E-state index in [4.69, 9.17) is 4.74 Å². The summed E-state index contributed by atoms with van der Waals surface area (Å²) >= 11 is 4.26. The Labute approximate surface area is 214 Å². The van der Waals surface area contributed by atoms with Gasteiger partial charge in [-0.25, -0.2) is 4.79 Å². The number of amides is 3. The second kappa shape index (κ2) is 11.6. The van der Waals surface area contributed by atoms with Crippen LogP contribution < -0.4 is 10.6 Å². The molecule has 2 atom stereocenters. The number of carbonyl (C=O) groups excluding carboxylic acids is 3. The number of alkyl carbamates (subject to hydrolysis) is 1. The third-order valence-electron chi connectivity index (χ3n) is 5.44. The highest BCUT2D eigenvalue weighted by Gasteiger charge is 2.34. The topological polar surface area (TPSA) is 87.7 Å². The molecule has 190 valence electrons. The Morgan fingerprint density at radius 2 is 1.54 bits per heavy atom. The van der Waals surface area contributed by atoms with Gasteiger partial charge in [-0.2, -0.15) is 12.6 Å². The number of para-hydroxylation sites is 1. The number of hydrogen-bond acceptors (Lipinski definition) is 5. The number of aryl methyl sites for hydroxylation is 4. The Morgan fingerprint density at radius 3 is 2.03 bits per heavy atom. The number of likely N-dealkylation sites (N-methyl/N-ethyl adjacent to an activating group) is 1. The van der Waals surface area contributed by atoms with E-state index in [2.05, 4.69) is 23.3 Å². The maximum atomic E-state index is 13.7. The number of thiol groups is 1. The van der Waals surface area contributed by atoms with Gasteiger partial charge in [0, 0.05) is 18.5 Å². The van der Waals surface area contributed by atoms with Crippen LogP contribution in [0.25, 0.3) is 0 Å². The monoisotopic (exact) mass is 499 g/mol. The zero-order valence-corrected chi connectivity index (χ0v) is 22.7. The molecule has 0 fully saturated rings. The molecule has 3 amide bonds. The van der Waals surface area contributed by atoms with E-state index in [0.29, 0.717) is 11.3 Å². The highest BCUT2D eigenvalue weighted by Crippen LogP contribution is 2.27. The highest BCUT2D eigenvalue weighted by molar-refractivity contribution is 7.80. The van der Waals surface area contributed by atoms with Crippen LogP contribution in [0.5, 0.6) is 0 Å². The quantitative estimate of drug-likeness (QED) is 0.474. The lowest BCUT2D eigenvalue weighted by Gasteiger charge is -2.31. The van der Waals surface area contributed by atoms with E-state index >= 15 is 0 Å². The van der Waals surface area contributed by atoms with E-state index in [9.17, 15) is 14.4 Å². The summed E-state index contributed by atoms with van der Waals surface area (Å²) in [5, 5.41) is 5.60. The SMILES string of the molecule is Cc1cc(C)cc(C(C(=O)Nc2c(C)cccc2C)N(C)C(=O)C(CS)NC(=O)OC(C)(C)C)c1. The Hall–Kier alpha value is -3.00. The van der Waals surface area contributed by atoms with Crippen LogP contribution >= 0.6 is 12.6 Å². The summed E-state index contributed by atoms with van der Waals surface area (Å²) in [5.74, 6) is -0.759. The molecule has 0 saturated heterocycles. The number of rotatable bonds is 7. The normalized spacial score (nSPS) is 12.9. The van der Waals surface area contributed by atoms with E-state index in [1.54, 1.807) is 27.8 Å². The number of hydrogen-bond donors (Lipinski definition) is 3. The predicted octanol–water partition coefficient (Wildman–Crippen LogP) is 4.88. The minimum atomic E-state index is -0.973. The smallest absolute Gasteiger partial charge is 0.408 e. The van der Waals surface area contributed by atoms with Crippen LogP contribution in [-0.4, -0.2) is 47.3 Å². The Bertz CT molecular complexity index is 1050. The first kappa shape index (κ1) is 28.2. The summed E-state index contributed by atoms with van der Waals surface area (Å²) in [6.07, 6.45) is -0.721. The Balaban J connectivity index is 2.42. The number of anilines is 1. The van der Waals surface area contributed by atoms with E-state index in [0.717, 1.165) is 22.3 Å². The lowest BCUT2D eigenvalue weighted by Crippen LogP contribution is -2.52. The third-order valence-corrected chi connectivity index (χ3v) is 5.81. The predicted molar refractivity (Wildman–Crippen MR) is 143 cm³/mol. The van der Waals surface area contributed by atoms with Gasteiger partial charge in [-0.1, -0.05) is 47.5 Å². The molecule has 2 aromatic rings. The molecule has 35 heavy (non-hydrogen) atoms. The summed E-state index contributed by atoms with van der Waals surface area (Å²) in [4.78, 5) is 40.8. The van der Waals surface area contributed by atoms with Crippen molar-refractivity contribution in [3.8, 4) is 0 Å². The Kier molecular flexibility index (Phi) is 9.38. The summed E-state index contributed by atoms with van der Waals surface area (Å²) in [5.41, 5.74) is 4.47. The third kappa shape index (κ3) is 7.75. The molecule has 7 nitrogen and oxygen atoms in total. The Morgan fingerprint density at radius 1 is 1.00 bits per heavy atom. The van der Waals surface area contributed by atoms with E-state index in [1.165, 1.54) is 4.90 Å². The van der Waals surface area contributed by atoms with Crippen molar-refractivity contribution in [1.29, 1.82) is 0 Å². The average molecular weight is 500 g/mol. The first-order valence-electron chi connectivity index (χ1n) is 11.6. The van der Waals surface area contributed by atoms with Gasteiger partial charge in [0.05, 0.1) is 0 Å². The van der Waals surface area contributed by atoms with Crippen molar-refractivity contribution in [2.45, 2.75) is 66.2 Å². The molecule has 0 aliphatic heterocycles. The molecule has 2 rings (SSSR count). The van der Waals surface area contributed by atoms with E-state index < -0.39 is 29.7 Å². The minimum absolute atomic E-state index is 0.0422. The zero-order chi connectivity index (χ0) is 26.5. The van der Waals surface area contributed by atoms with Crippen LogP contribution in [0.15, 0.2) is 36.4 Å². The molecule has 0 aliphatic rings. The molecule has 0 aliphatic carbocycles. The fourth-order valence-corrected chi connectivity index (χ4v) is 4.18. The number of benzene rings is 2. The van der Waals surface area contributed by atoms with Crippen LogP contribution in [0.3, 0.4) is 0 Å². The number of carbonyl (C=O) groups is 3. The van der Waals surface area contributed by atoms with Gasteiger partial charge in [0.1, 0.15) is 17.7 Å². The molecular weight excluding hydrogens is 462 g/mol. The van der Waals surface area contributed by atoms with Gasteiger partial charge in [0.2, 0.25) is 5.91 Å². The fraction of sp³-hybridized carbons (Fsp3) is 0.444. The summed E-state index contributed by atoms with van der Waals surface area (Å²) < 4.78 is 5.30. The maximum absolute atomic E-state index is 13.7. The van der Waals surface area contributed by atoms with Crippen molar-refractivity contribution in [3.05, 3.63) is 64.2 Å². The summed E-state index contributed by atoms with van der Waals surface area (Å²) in [6, 6.07) is 9.66. The van der Waals surface area contributed by atoms with Crippen LogP contribution in [0.2, 0.25) is 0 Å². The molecule has 0 spiro atoms. The number of nitrogens with zero attached hydrogens (tertiary/aromatic N) is 1. The molecule has 0 saturated carbocycles. The second-order valence-electron chi connectivity index (χ2n) is 9.91. The molecule has 0 bridgehead atoms. The molecule has 0 heterocycles. The maximum Gasteiger partial charge on any atom is 0.408 e. The highest BCUT2D eigenvalue weighted by atomic mass is 32.1. The van der Waals surface area contributed by atoms with Gasteiger partial charge in [0.15, 0.2) is 0 Å². The van der Waals surface area contributed by atoms with Gasteiger partial charge in [-0.3, -0.25) is 9.59 Å². The van der Waals surface area contributed by atoms with Crippen molar-refractivity contribution >= 4 is 36.2 Å². The average Bonchev–Trinajstić information content (AvgIpc) is 2.72. The number of nitrogens with one attached hydrogen (secondary N) is 2. The van der Waals surface area contributed by atoms with E-state index in [-0.39, 0.29) is 11.7 Å². The minimum Gasteiger partial charge on any atom is -0.444 e. The summed E-state index contributed by atoms with van der Waals surface area (Å²) in [7, 11) is 1.56. The van der Waals surface area contributed by atoms with Crippen molar-refractivity contribution in [3.63, 3.8) is 0 Å². The fourth-order valence-electron chi connectivity index (χ4n) is 3.93. The molecular formula is C27H37N3O4S. The molecule has 2 unspecified atom stereocenters. The van der Waals surface area contributed by atoms with Gasteiger partial charge in [-0.15, -0.1) is 0 Å². The second-order valence-corrected chi connectivity index (χ2v) is 10.3. The van der Waals surface area contributed by atoms with Gasteiger partial charge < -0.3 is 20.3 Å². The standard InChI is InChI=1S/C27H37N3O4S/c1-16-12-17(2)14-20(13-16)23(24(31)29-22-18(3)10-9-11-19(22)4)30(8)25(32)21(15-35)28-26(33)34-27(5,6)7/h9-14,21,23,35H,15H2,1-8H3,(H,28,33)(H,29,31). The molecule has 2 aromatic carbocycles. The van der Waals surface area contributed by atoms with Gasteiger partial charge >= 0.3 is 6.09 Å². The summed E-state index contributed by atoms with van der Waals surface area (Å²) in [6.45, 7) is 13.0.